The maximum Gasteiger partial charge on any atom is 0.154 e. The van der Waals surface area contributed by atoms with Crippen LogP contribution < -0.4 is 0 Å². The lowest BCUT2D eigenvalue weighted by atomic mass is 9.98. The Bertz CT molecular complexity index is 375. The molecule has 1 heterocycles. The van der Waals surface area contributed by atoms with Gasteiger partial charge in [-0.2, -0.15) is 5.26 Å². The van der Waals surface area contributed by atoms with E-state index in [1.54, 1.807) is 6.20 Å². The van der Waals surface area contributed by atoms with Gasteiger partial charge >= 0.3 is 0 Å². The summed E-state index contributed by atoms with van der Waals surface area (Å²) in [5.41, 5.74) is 1.77. The van der Waals surface area contributed by atoms with Crippen molar-refractivity contribution in [3.63, 3.8) is 0 Å². The molecule has 0 saturated heterocycles. The zero-order chi connectivity index (χ0) is 9.97. The molecule has 0 spiro atoms. The van der Waals surface area contributed by atoms with Crippen LogP contribution in [0.5, 0.6) is 0 Å². The van der Waals surface area contributed by atoms with Gasteiger partial charge in [0.15, 0.2) is 5.69 Å². The van der Waals surface area contributed by atoms with E-state index in [0.29, 0.717) is 11.6 Å². The quantitative estimate of drug-likeness (QED) is 0.767. The molecule has 72 valence electrons. The normalized spacial score (nSPS) is 16.9. The molecule has 0 atom stereocenters. The molecule has 1 aliphatic rings. The van der Waals surface area contributed by atoms with Crippen LogP contribution in [-0.4, -0.2) is 4.98 Å². The molecule has 14 heavy (non-hydrogen) atoms. The summed E-state index contributed by atoms with van der Waals surface area (Å²) in [5.74, 6) is 0.625. The highest BCUT2D eigenvalue weighted by molar-refractivity contribution is 9.10. The fraction of sp³-hybridized carbons (Fsp3) is 0.455. The summed E-state index contributed by atoms with van der Waals surface area (Å²) in [4.78, 5) is 4.02. The topological polar surface area (TPSA) is 36.7 Å². The fourth-order valence-corrected chi connectivity index (χ4v) is 2.74. The Labute approximate surface area is 92.1 Å². The van der Waals surface area contributed by atoms with Crippen LogP contribution in [0.2, 0.25) is 0 Å². The number of aromatic nitrogens is 1. The standard InChI is InChI=1S/C11H11BrN2/c12-11-9(8-3-1-2-4-8)5-6-14-10(11)7-13/h5-6,8H,1-4H2. The first kappa shape index (κ1) is 9.67. The molecule has 0 N–H and O–H groups in total. The smallest absolute Gasteiger partial charge is 0.154 e. The number of nitriles is 1. The largest absolute Gasteiger partial charge is 0.244 e. The van der Waals surface area contributed by atoms with E-state index in [1.165, 1.54) is 31.2 Å². The minimum atomic E-state index is 0.509. The second-order valence-corrected chi connectivity index (χ2v) is 4.45. The Morgan fingerprint density at radius 2 is 2.14 bits per heavy atom. The molecule has 3 heteroatoms. The van der Waals surface area contributed by atoms with Crippen molar-refractivity contribution in [3.05, 3.63) is 28.0 Å². The van der Waals surface area contributed by atoms with E-state index in [2.05, 4.69) is 27.0 Å². The lowest BCUT2D eigenvalue weighted by Crippen LogP contribution is -1.97. The van der Waals surface area contributed by atoms with Crippen molar-refractivity contribution in [2.45, 2.75) is 31.6 Å². The average molecular weight is 251 g/mol. The summed E-state index contributed by atoms with van der Waals surface area (Å²) in [7, 11) is 0. The van der Waals surface area contributed by atoms with Gasteiger partial charge in [0.25, 0.3) is 0 Å². The Morgan fingerprint density at radius 1 is 1.43 bits per heavy atom. The van der Waals surface area contributed by atoms with Gasteiger partial charge in [-0.3, -0.25) is 0 Å². The molecule has 0 aromatic carbocycles. The Kier molecular flexibility index (Phi) is 2.83. The summed E-state index contributed by atoms with van der Waals surface area (Å²) in [6, 6.07) is 4.13. The number of rotatable bonds is 1. The van der Waals surface area contributed by atoms with E-state index in [1.807, 2.05) is 6.07 Å². The molecule has 0 aliphatic heterocycles. The van der Waals surface area contributed by atoms with E-state index in [-0.39, 0.29) is 0 Å². The van der Waals surface area contributed by atoms with Crippen LogP contribution in [0.25, 0.3) is 0 Å². The van der Waals surface area contributed by atoms with Crippen molar-refractivity contribution < 1.29 is 0 Å². The summed E-state index contributed by atoms with van der Waals surface area (Å²) in [6.07, 6.45) is 6.83. The second-order valence-electron chi connectivity index (χ2n) is 3.66. The van der Waals surface area contributed by atoms with Gasteiger partial charge in [-0.05, 0) is 46.3 Å². The van der Waals surface area contributed by atoms with Crippen LogP contribution in [0.4, 0.5) is 0 Å². The van der Waals surface area contributed by atoms with Gasteiger partial charge in [0.2, 0.25) is 0 Å². The molecular weight excluding hydrogens is 240 g/mol. The number of halogens is 1. The molecule has 0 bridgehead atoms. The summed E-state index contributed by atoms with van der Waals surface area (Å²) in [5, 5.41) is 8.84. The molecule has 1 aromatic rings. The predicted molar refractivity (Wildman–Crippen MR) is 57.9 cm³/mol. The van der Waals surface area contributed by atoms with Crippen LogP contribution in [-0.2, 0) is 0 Å². The molecule has 2 nitrogen and oxygen atoms in total. The van der Waals surface area contributed by atoms with Crippen molar-refractivity contribution in [1.82, 2.24) is 4.98 Å². The first-order valence-electron chi connectivity index (χ1n) is 4.87. The minimum Gasteiger partial charge on any atom is -0.244 e. The third-order valence-electron chi connectivity index (χ3n) is 2.82. The van der Waals surface area contributed by atoms with Gasteiger partial charge in [0.1, 0.15) is 6.07 Å². The molecule has 0 radical (unpaired) electrons. The molecule has 1 aromatic heterocycles. The summed E-state index contributed by atoms with van der Waals surface area (Å²) < 4.78 is 0.898. The zero-order valence-corrected chi connectivity index (χ0v) is 9.42. The highest BCUT2D eigenvalue weighted by atomic mass is 79.9. The highest BCUT2D eigenvalue weighted by Gasteiger charge is 2.20. The monoisotopic (exact) mass is 250 g/mol. The molecule has 0 amide bonds. The van der Waals surface area contributed by atoms with E-state index in [9.17, 15) is 0 Å². The van der Waals surface area contributed by atoms with Crippen molar-refractivity contribution in [3.8, 4) is 6.07 Å². The summed E-state index contributed by atoms with van der Waals surface area (Å²) >= 11 is 3.47. The molecule has 1 fully saturated rings. The molecular formula is C11H11BrN2. The van der Waals surface area contributed by atoms with Crippen molar-refractivity contribution >= 4 is 15.9 Å². The predicted octanol–water partition coefficient (Wildman–Crippen LogP) is 3.37. The van der Waals surface area contributed by atoms with E-state index in [0.717, 1.165) is 4.47 Å². The van der Waals surface area contributed by atoms with Gasteiger partial charge in [0, 0.05) is 6.20 Å². The van der Waals surface area contributed by atoms with Gasteiger partial charge < -0.3 is 0 Å². The Balaban J connectivity index is 2.38. The van der Waals surface area contributed by atoms with Crippen molar-refractivity contribution in [2.75, 3.05) is 0 Å². The fourth-order valence-electron chi connectivity index (χ4n) is 2.09. The van der Waals surface area contributed by atoms with Gasteiger partial charge in [-0.15, -0.1) is 0 Å². The van der Waals surface area contributed by atoms with Crippen LogP contribution in [0.15, 0.2) is 16.7 Å². The van der Waals surface area contributed by atoms with E-state index in [4.69, 9.17) is 5.26 Å². The molecule has 1 aliphatic carbocycles. The van der Waals surface area contributed by atoms with Crippen molar-refractivity contribution in [1.29, 1.82) is 5.26 Å². The van der Waals surface area contributed by atoms with Crippen molar-refractivity contribution in [2.24, 2.45) is 0 Å². The minimum absolute atomic E-state index is 0.509. The Morgan fingerprint density at radius 3 is 2.79 bits per heavy atom. The summed E-state index contributed by atoms with van der Waals surface area (Å²) in [6.45, 7) is 0. The average Bonchev–Trinajstić information content (AvgIpc) is 2.71. The molecule has 2 rings (SSSR count). The lowest BCUT2D eigenvalue weighted by Gasteiger charge is -2.11. The van der Waals surface area contributed by atoms with Crippen LogP contribution in [0.1, 0.15) is 42.9 Å². The SMILES string of the molecule is N#Cc1nccc(C2CCCC2)c1Br. The number of nitrogens with zero attached hydrogens (tertiary/aromatic N) is 2. The van der Waals surface area contributed by atoms with Crippen LogP contribution in [0, 0.1) is 11.3 Å². The molecule has 0 unspecified atom stereocenters. The van der Waals surface area contributed by atoms with Crippen LogP contribution in [0.3, 0.4) is 0 Å². The third kappa shape index (κ3) is 1.67. The number of hydrogen-bond acceptors (Lipinski definition) is 2. The Hall–Kier alpha value is -0.880. The van der Waals surface area contributed by atoms with E-state index >= 15 is 0 Å². The number of pyridine rings is 1. The first-order valence-corrected chi connectivity index (χ1v) is 5.66. The maximum atomic E-state index is 8.84. The van der Waals surface area contributed by atoms with Gasteiger partial charge in [-0.1, -0.05) is 12.8 Å². The van der Waals surface area contributed by atoms with Gasteiger partial charge in [0.05, 0.1) is 4.47 Å². The first-order chi connectivity index (χ1) is 6.83. The van der Waals surface area contributed by atoms with Gasteiger partial charge in [-0.25, -0.2) is 4.98 Å². The van der Waals surface area contributed by atoms with E-state index < -0.39 is 0 Å². The number of hydrogen-bond donors (Lipinski definition) is 0. The third-order valence-corrected chi connectivity index (χ3v) is 3.65. The highest BCUT2D eigenvalue weighted by Crippen LogP contribution is 2.38. The second kappa shape index (κ2) is 4.10. The van der Waals surface area contributed by atoms with Crippen LogP contribution >= 0.6 is 15.9 Å². The molecule has 1 saturated carbocycles. The maximum absolute atomic E-state index is 8.84. The lowest BCUT2D eigenvalue weighted by molar-refractivity contribution is 0.717. The zero-order valence-electron chi connectivity index (χ0n) is 7.83.